The third-order valence-electron chi connectivity index (χ3n) is 3.91. The molecule has 1 atom stereocenters. The van der Waals surface area contributed by atoms with Crippen molar-refractivity contribution in [1.82, 2.24) is 10.0 Å². The number of fused-ring (bicyclic) bond motifs is 1. The van der Waals surface area contributed by atoms with Crippen molar-refractivity contribution in [3.05, 3.63) is 65.9 Å². The van der Waals surface area contributed by atoms with Gasteiger partial charge in [0.2, 0.25) is 10.0 Å². The quantitative estimate of drug-likeness (QED) is 0.734. The van der Waals surface area contributed by atoms with Crippen molar-refractivity contribution in [3.63, 3.8) is 0 Å². The van der Waals surface area contributed by atoms with Crippen molar-refractivity contribution >= 4 is 26.9 Å². The van der Waals surface area contributed by atoms with E-state index in [9.17, 15) is 13.2 Å². The maximum Gasteiger partial charge on any atom is 0.251 e. The molecule has 0 fully saturated rings. The first-order valence-electron chi connectivity index (χ1n) is 7.73. The van der Waals surface area contributed by atoms with E-state index >= 15 is 0 Å². The summed E-state index contributed by atoms with van der Waals surface area (Å²) in [5, 5.41) is 3.82. The number of nitrogens with one attached hydrogen (secondary N) is 2. The highest BCUT2D eigenvalue weighted by atomic mass is 32.2. The third-order valence-corrected chi connectivity index (χ3v) is 5.34. The molecule has 25 heavy (non-hydrogen) atoms. The normalized spacial score (nSPS) is 12.9. The van der Waals surface area contributed by atoms with Crippen LogP contribution in [-0.4, -0.2) is 21.4 Å². The second kappa shape index (κ2) is 6.70. The van der Waals surface area contributed by atoms with Gasteiger partial charge in [-0.3, -0.25) is 4.79 Å². The maximum atomic E-state index is 12.4. The Morgan fingerprint density at radius 2 is 1.76 bits per heavy atom. The predicted octanol–water partition coefficient (Wildman–Crippen LogP) is 2.83. The molecule has 1 aromatic heterocycles. The molecule has 0 aliphatic rings. The summed E-state index contributed by atoms with van der Waals surface area (Å²) in [6.45, 7) is 1.83. The van der Waals surface area contributed by atoms with Gasteiger partial charge in [0, 0.05) is 10.9 Å². The van der Waals surface area contributed by atoms with Crippen molar-refractivity contribution in [2.24, 2.45) is 0 Å². The number of rotatable bonds is 5. The summed E-state index contributed by atoms with van der Waals surface area (Å²) in [5.41, 5.74) is 1.14. The Hall–Kier alpha value is -2.64. The Morgan fingerprint density at radius 3 is 2.40 bits per heavy atom. The van der Waals surface area contributed by atoms with E-state index in [1.807, 2.05) is 37.3 Å². The number of carbonyl (C=O) groups excluding carboxylic acids is 1. The van der Waals surface area contributed by atoms with Crippen molar-refractivity contribution < 1.29 is 17.6 Å². The molecule has 2 aromatic carbocycles. The highest BCUT2D eigenvalue weighted by Crippen LogP contribution is 2.23. The molecule has 1 amide bonds. The van der Waals surface area contributed by atoms with E-state index in [0.717, 1.165) is 11.0 Å². The van der Waals surface area contributed by atoms with E-state index in [2.05, 4.69) is 10.0 Å². The fourth-order valence-electron chi connectivity index (χ4n) is 2.47. The summed E-state index contributed by atoms with van der Waals surface area (Å²) in [6, 6.07) is 14.9. The summed E-state index contributed by atoms with van der Waals surface area (Å²) in [7, 11) is -2.18. The second-order valence-corrected chi connectivity index (χ2v) is 7.50. The highest BCUT2D eigenvalue weighted by Gasteiger charge is 2.16. The number of benzene rings is 2. The maximum absolute atomic E-state index is 12.4. The van der Waals surface area contributed by atoms with Crippen LogP contribution in [0.4, 0.5) is 0 Å². The molecule has 3 rings (SSSR count). The number of furan rings is 1. The first-order valence-corrected chi connectivity index (χ1v) is 9.22. The van der Waals surface area contributed by atoms with Gasteiger partial charge in [-0.2, -0.15) is 0 Å². The number of hydrogen-bond acceptors (Lipinski definition) is 4. The average molecular weight is 358 g/mol. The average Bonchev–Trinajstić information content (AvgIpc) is 3.06. The standard InChI is InChI=1S/C18H18N2O4S/c1-12(17-11-14-5-3-4-6-16(14)24-17)20-18(21)13-7-9-15(10-8-13)25(22,23)19-2/h3-12,19H,1-2H3,(H,20,21). The van der Waals surface area contributed by atoms with E-state index in [4.69, 9.17) is 4.42 Å². The number of para-hydroxylation sites is 1. The van der Waals surface area contributed by atoms with Crippen molar-refractivity contribution in [2.75, 3.05) is 7.05 Å². The van der Waals surface area contributed by atoms with Crippen LogP contribution in [0.2, 0.25) is 0 Å². The molecule has 0 saturated carbocycles. The lowest BCUT2D eigenvalue weighted by Crippen LogP contribution is -2.26. The number of hydrogen-bond donors (Lipinski definition) is 2. The molecular formula is C18H18N2O4S. The molecule has 0 aliphatic heterocycles. The topological polar surface area (TPSA) is 88.4 Å². The fourth-order valence-corrected chi connectivity index (χ4v) is 3.20. The van der Waals surface area contributed by atoms with Gasteiger partial charge in [0.15, 0.2) is 0 Å². The zero-order valence-electron chi connectivity index (χ0n) is 13.8. The molecule has 2 N–H and O–H groups in total. The number of carbonyl (C=O) groups is 1. The van der Waals surface area contributed by atoms with Crippen molar-refractivity contribution in [2.45, 2.75) is 17.9 Å². The van der Waals surface area contributed by atoms with Crippen LogP contribution in [-0.2, 0) is 10.0 Å². The zero-order chi connectivity index (χ0) is 18.0. The van der Waals surface area contributed by atoms with Crippen molar-refractivity contribution in [1.29, 1.82) is 0 Å². The van der Waals surface area contributed by atoms with E-state index in [-0.39, 0.29) is 16.8 Å². The SMILES string of the molecule is CNS(=O)(=O)c1ccc(C(=O)NC(C)c2cc3ccccc3o2)cc1. The van der Waals surface area contributed by atoms with E-state index < -0.39 is 10.0 Å². The van der Waals surface area contributed by atoms with Crippen molar-refractivity contribution in [3.8, 4) is 0 Å². The van der Waals surface area contributed by atoms with Gasteiger partial charge in [-0.05, 0) is 50.4 Å². The van der Waals surface area contributed by atoms with Crippen LogP contribution < -0.4 is 10.0 Å². The molecule has 1 unspecified atom stereocenters. The fraction of sp³-hybridized carbons (Fsp3) is 0.167. The lowest BCUT2D eigenvalue weighted by Gasteiger charge is -2.11. The first kappa shape index (κ1) is 17.2. The van der Waals surface area contributed by atoms with Crippen LogP contribution in [0.15, 0.2) is 63.9 Å². The van der Waals surface area contributed by atoms with E-state index in [1.165, 1.54) is 31.3 Å². The molecule has 0 spiro atoms. The van der Waals surface area contributed by atoms with Gasteiger partial charge in [-0.15, -0.1) is 0 Å². The molecule has 0 aliphatic carbocycles. The lowest BCUT2D eigenvalue weighted by atomic mass is 10.1. The smallest absolute Gasteiger partial charge is 0.251 e. The van der Waals surface area contributed by atoms with Gasteiger partial charge in [0.25, 0.3) is 5.91 Å². The molecule has 3 aromatic rings. The lowest BCUT2D eigenvalue weighted by molar-refractivity contribution is 0.0935. The van der Waals surface area contributed by atoms with Gasteiger partial charge >= 0.3 is 0 Å². The minimum Gasteiger partial charge on any atom is -0.459 e. The molecule has 1 heterocycles. The molecule has 0 radical (unpaired) electrons. The first-order chi connectivity index (χ1) is 11.9. The number of sulfonamides is 1. The molecule has 7 heteroatoms. The molecular weight excluding hydrogens is 340 g/mol. The van der Waals surface area contributed by atoms with E-state index in [0.29, 0.717) is 11.3 Å². The highest BCUT2D eigenvalue weighted by molar-refractivity contribution is 7.89. The van der Waals surface area contributed by atoms with Gasteiger partial charge in [0.05, 0.1) is 10.9 Å². The Kier molecular flexibility index (Phi) is 4.61. The summed E-state index contributed by atoms with van der Waals surface area (Å²) < 4.78 is 31.4. The van der Waals surface area contributed by atoms with Crippen LogP contribution in [0.25, 0.3) is 11.0 Å². The van der Waals surface area contributed by atoms with Gasteiger partial charge < -0.3 is 9.73 Å². The zero-order valence-corrected chi connectivity index (χ0v) is 14.6. The van der Waals surface area contributed by atoms with Gasteiger partial charge in [-0.25, -0.2) is 13.1 Å². The summed E-state index contributed by atoms with van der Waals surface area (Å²) in [6.07, 6.45) is 0. The minimum atomic E-state index is -3.52. The van der Waals surface area contributed by atoms with Gasteiger partial charge in [0.1, 0.15) is 11.3 Å². The van der Waals surface area contributed by atoms with Crippen LogP contribution in [0, 0.1) is 0 Å². The molecule has 6 nitrogen and oxygen atoms in total. The van der Waals surface area contributed by atoms with Gasteiger partial charge in [-0.1, -0.05) is 18.2 Å². The van der Waals surface area contributed by atoms with Crippen LogP contribution in [0.3, 0.4) is 0 Å². The minimum absolute atomic E-state index is 0.108. The van der Waals surface area contributed by atoms with E-state index in [1.54, 1.807) is 0 Å². The Balaban J connectivity index is 1.75. The number of amides is 1. The van der Waals surface area contributed by atoms with Crippen LogP contribution in [0.1, 0.15) is 29.1 Å². The Bertz CT molecular complexity index is 974. The summed E-state index contributed by atoms with van der Waals surface area (Å²) in [5.74, 6) is 0.352. The monoisotopic (exact) mass is 358 g/mol. The summed E-state index contributed by atoms with van der Waals surface area (Å²) in [4.78, 5) is 12.5. The summed E-state index contributed by atoms with van der Waals surface area (Å²) >= 11 is 0. The molecule has 0 bridgehead atoms. The third kappa shape index (κ3) is 3.57. The Morgan fingerprint density at radius 1 is 1.08 bits per heavy atom. The molecule has 0 saturated heterocycles. The van der Waals surface area contributed by atoms with Crippen LogP contribution >= 0.6 is 0 Å². The molecule has 130 valence electrons. The predicted molar refractivity (Wildman–Crippen MR) is 94.8 cm³/mol. The van der Waals surface area contributed by atoms with Crippen LogP contribution in [0.5, 0.6) is 0 Å². The Labute approximate surface area is 145 Å². The second-order valence-electron chi connectivity index (χ2n) is 5.61. The largest absolute Gasteiger partial charge is 0.459 e.